The summed E-state index contributed by atoms with van der Waals surface area (Å²) in [5, 5.41) is 0.167. The maximum absolute atomic E-state index is 11.2. The number of fused-ring (bicyclic) bond motifs is 1. The van der Waals surface area contributed by atoms with Gasteiger partial charge in [0, 0.05) is 16.5 Å². The van der Waals surface area contributed by atoms with Crippen molar-refractivity contribution in [3.8, 4) is 0 Å². The molecule has 0 saturated carbocycles. The summed E-state index contributed by atoms with van der Waals surface area (Å²) < 4.78 is 62.5. The van der Waals surface area contributed by atoms with Crippen LogP contribution in [0.2, 0.25) is 0 Å². The molecule has 0 aliphatic carbocycles. The molecular formula is C10H10LiNO6S2. The first-order valence-electron chi connectivity index (χ1n) is 4.88. The van der Waals surface area contributed by atoms with Crippen LogP contribution in [-0.4, -0.2) is 25.9 Å². The molecule has 4 N–H and O–H groups in total. The Morgan fingerprint density at radius 3 is 2.00 bits per heavy atom. The SMILES string of the molecule is Nc1ccc(S(=O)(=O)O)c2cc(S(=O)(=O)O)ccc12.[H-].[Li+]. The third-order valence-corrected chi connectivity index (χ3v) is 4.32. The molecule has 0 bridgehead atoms. The fraction of sp³-hybridized carbons (Fsp3) is 0. The number of hydrogen-bond acceptors (Lipinski definition) is 5. The second-order valence-corrected chi connectivity index (χ2v) is 6.62. The monoisotopic (exact) mass is 311 g/mol. The van der Waals surface area contributed by atoms with Gasteiger partial charge in [-0.3, -0.25) is 9.11 Å². The molecule has 10 heteroatoms. The van der Waals surface area contributed by atoms with Gasteiger partial charge in [0.1, 0.15) is 4.90 Å². The molecule has 2 rings (SSSR count). The number of hydrogen-bond donors (Lipinski definition) is 3. The van der Waals surface area contributed by atoms with E-state index in [-0.39, 0.29) is 36.7 Å². The minimum Gasteiger partial charge on any atom is -1.00 e. The summed E-state index contributed by atoms with van der Waals surface area (Å²) in [5.41, 5.74) is 5.85. The molecule has 20 heavy (non-hydrogen) atoms. The standard InChI is InChI=1S/C10H9NO6S2.Li.H/c11-9-3-4-10(19(15,16)17)8-5-6(18(12,13)14)1-2-7(8)9;;/h1-5H,11H2,(H,12,13,14)(H,15,16,17);;/q;+1;-1. The molecule has 2 aromatic carbocycles. The molecule has 0 atom stereocenters. The van der Waals surface area contributed by atoms with Crippen molar-refractivity contribution in [3.05, 3.63) is 30.3 Å². The molecular weight excluding hydrogens is 301 g/mol. The quantitative estimate of drug-likeness (QED) is 0.333. The van der Waals surface area contributed by atoms with Gasteiger partial charge in [-0.15, -0.1) is 0 Å². The maximum Gasteiger partial charge on any atom is 1.00 e. The average molecular weight is 311 g/mol. The minimum absolute atomic E-state index is 0. The van der Waals surface area contributed by atoms with Gasteiger partial charge in [0.15, 0.2) is 0 Å². The summed E-state index contributed by atoms with van der Waals surface area (Å²) in [7, 11) is -9.03. The largest absolute Gasteiger partial charge is 1.00 e. The summed E-state index contributed by atoms with van der Waals surface area (Å²) in [6.07, 6.45) is 0. The number of nitrogens with two attached hydrogens (primary N) is 1. The minimum atomic E-state index is -4.54. The Kier molecular flexibility index (Phi) is 4.55. The Hall–Kier alpha value is -1.08. The molecule has 0 radical (unpaired) electrons. The molecule has 7 nitrogen and oxygen atoms in total. The summed E-state index contributed by atoms with van der Waals surface area (Å²) in [4.78, 5) is -0.974. The second-order valence-electron chi connectivity index (χ2n) is 3.81. The van der Waals surface area contributed by atoms with Crippen LogP contribution in [0.5, 0.6) is 0 Å². The zero-order valence-corrected chi connectivity index (χ0v) is 11.9. The van der Waals surface area contributed by atoms with E-state index in [0.29, 0.717) is 0 Å². The van der Waals surface area contributed by atoms with E-state index in [9.17, 15) is 16.8 Å². The van der Waals surface area contributed by atoms with Crippen molar-refractivity contribution in [1.82, 2.24) is 0 Å². The van der Waals surface area contributed by atoms with E-state index < -0.39 is 30.0 Å². The van der Waals surface area contributed by atoms with Gasteiger partial charge in [-0.1, -0.05) is 6.07 Å². The average Bonchev–Trinajstić information content (AvgIpc) is 2.26. The van der Waals surface area contributed by atoms with Crippen LogP contribution < -0.4 is 24.6 Å². The molecule has 0 aromatic heterocycles. The van der Waals surface area contributed by atoms with Crippen LogP contribution >= 0.6 is 0 Å². The van der Waals surface area contributed by atoms with Crippen LogP contribution in [0.4, 0.5) is 5.69 Å². The number of nitrogen functional groups attached to an aromatic ring is 1. The van der Waals surface area contributed by atoms with Crippen molar-refractivity contribution in [2.24, 2.45) is 0 Å². The topological polar surface area (TPSA) is 135 Å². The Balaban J connectivity index is 0.00000200. The zero-order chi connectivity index (χ0) is 14.4. The Bertz CT molecular complexity index is 882. The summed E-state index contributed by atoms with van der Waals surface area (Å²) in [6, 6.07) is 5.60. The Labute approximate surface area is 128 Å². The van der Waals surface area contributed by atoms with Crippen molar-refractivity contribution in [1.29, 1.82) is 0 Å². The van der Waals surface area contributed by atoms with Crippen molar-refractivity contribution in [2.45, 2.75) is 9.79 Å². The van der Waals surface area contributed by atoms with Crippen LogP contribution in [0.3, 0.4) is 0 Å². The van der Waals surface area contributed by atoms with E-state index in [0.717, 1.165) is 18.2 Å². The zero-order valence-electron chi connectivity index (χ0n) is 11.3. The van der Waals surface area contributed by atoms with Crippen molar-refractivity contribution in [2.75, 3.05) is 5.73 Å². The molecule has 0 saturated heterocycles. The van der Waals surface area contributed by atoms with Crippen LogP contribution in [-0.2, 0) is 20.2 Å². The normalized spacial score (nSPS) is 12.1. The third kappa shape index (κ3) is 3.14. The Morgan fingerprint density at radius 1 is 0.900 bits per heavy atom. The number of anilines is 1. The smallest absolute Gasteiger partial charge is 1.00 e. The predicted octanol–water partition coefficient (Wildman–Crippen LogP) is -1.97. The van der Waals surface area contributed by atoms with Gasteiger partial charge in [-0.2, -0.15) is 16.8 Å². The van der Waals surface area contributed by atoms with Gasteiger partial charge >= 0.3 is 18.9 Å². The van der Waals surface area contributed by atoms with E-state index in [1.807, 2.05) is 0 Å². The first-order chi connectivity index (χ1) is 8.60. The molecule has 2 aromatic rings. The third-order valence-electron chi connectivity index (χ3n) is 2.56. The van der Waals surface area contributed by atoms with E-state index in [1.165, 1.54) is 12.1 Å². The van der Waals surface area contributed by atoms with E-state index >= 15 is 0 Å². The summed E-state index contributed by atoms with van der Waals surface area (Å²) in [5.74, 6) is 0. The Morgan fingerprint density at radius 2 is 1.50 bits per heavy atom. The fourth-order valence-corrected chi connectivity index (χ4v) is 2.90. The van der Waals surface area contributed by atoms with Gasteiger partial charge < -0.3 is 7.16 Å². The van der Waals surface area contributed by atoms with Crippen molar-refractivity contribution >= 4 is 36.7 Å². The summed E-state index contributed by atoms with van der Waals surface area (Å²) >= 11 is 0. The molecule has 0 unspecified atom stereocenters. The molecule has 0 aliphatic rings. The molecule has 0 fully saturated rings. The molecule has 0 heterocycles. The van der Waals surface area contributed by atoms with Gasteiger partial charge in [0.25, 0.3) is 20.2 Å². The summed E-state index contributed by atoms with van der Waals surface area (Å²) in [6.45, 7) is 0. The predicted molar refractivity (Wildman–Crippen MR) is 69.1 cm³/mol. The van der Waals surface area contributed by atoms with Crippen molar-refractivity contribution in [3.63, 3.8) is 0 Å². The van der Waals surface area contributed by atoms with Crippen LogP contribution in [0.1, 0.15) is 1.43 Å². The maximum atomic E-state index is 11.2. The van der Waals surface area contributed by atoms with Gasteiger partial charge in [-0.05, 0) is 24.3 Å². The van der Waals surface area contributed by atoms with Crippen LogP contribution in [0, 0.1) is 0 Å². The fourth-order valence-electron chi connectivity index (χ4n) is 1.71. The van der Waals surface area contributed by atoms with Gasteiger partial charge in [-0.25, -0.2) is 0 Å². The van der Waals surface area contributed by atoms with E-state index in [2.05, 4.69) is 0 Å². The first-order valence-corrected chi connectivity index (χ1v) is 7.76. The number of benzene rings is 2. The van der Waals surface area contributed by atoms with Gasteiger partial charge in [0.05, 0.1) is 4.90 Å². The molecule has 0 spiro atoms. The molecule has 0 aliphatic heterocycles. The molecule has 0 amide bonds. The van der Waals surface area contributed by atoms with Gasteiger partial charge in [0.2, 0.25) is 0 Å². The van der Waals surface area contributed by atoms with E-state index in [4.69, 9.17) is 14.8 Å². The molecule has 104 valence electrons. The van der Waals surface area contributed by atoms with E-state index in [1.54, 1.807) is 0 Å². The first kappa shape index (κ1) is 17.0. The van der Waals surface area contributed by atoms with Crippen LogP contribution in [0.25, 0.3) is 10.8 Å². The second kappa shape index (κ2) is 5.36. The van der Waals surface area contributed by atoms with Crippen molar-refractivity contribution < 1.29 is 46.2 Å². The number of rotatable bonds is 2. The van der Waals surface area contributed by atoms with Crippen LogP contribution in [0.15, 0.2) is 40.1 Å².